The van der Waals surface area contributed by atoms with Gasteiger partial charge in [-0.3, -0.25) is 9.78 Å². The van der Waals surface area contributed by atoms with Crippen molar-refractivity contribution in [2.75, 3.05) is 38.7 Å². The molecule has 8 nitrogen and oxygen atoms in total. The summed E-state index contributed by atoms with van der Waals surface area (Å²) in [6, 6.07) is 15.6. The second-order valence-corrected chi connectivity index (χ2v) is 8.71. The highest BCUT2D eigenvalue weighted by atomic mass is 16.5. The predicted molar refractivity (Wildman–Crippen MR) is 134 cm³/mol. The van der Waals surface area contributed by atoms with Gasteiger partial charge in [0.2, 0.25) is 0 Å². The van der Waals surface area contributed by atoms with Crippen LogP contribution in [-0.4, -0.2) is 58.8 Å². The number of fused-ring (bicyclic) bond motifs is 1. The lowest BCUT2D eigenvalue weighted by atomic mass is 9.99. The van der Waals surface area contributed by atoms with Gasteiger partial charge in [-0.05, 0) is 60.0 Å². The third-order valence-corrected chi connectivity index (χ3v) is 6.34. The van der Waals surface area contributed by atoms with Crippen LogP contribution in [0.2, 0.25) is 0 Å². The van der Waals surface area contributed by atoms with Crippen LogP contribution in [0, 0.1) is 5.92 Å². The number of ether oxygens (including phenoxy) is 2. The Morgan fingerprint density at radius 1 is 1.17 bits per heavy atom. The van der Waals surface area contributed by atoms with Crippen LogP contribution in [0.1, 0.15) is 21.5 Å². The normalized spacial score (nSPS) is 16.1. The standard InChI is InChI=1S/C27H29N5O3/c1-34-26-5-4-23(16-24(26)29-17-20-6-9-28-10-7-20)27(33)31-13-14-35-19-21(18-31)15-22-3-2-12-32-25(22)8-11-30-32/h2-12,16,21,29H,13-15,17-19H2,1H3. The van der Waals surface area contributed by atoms with Gasteiger partial charge in [0, 0.05) is 55.9 Å². The number of nitrogens with zero attached hydrogens (tertiary/aromatic N) is 4. The first-order valence-corrected chi connectivity index (χ1v) is 11.8. The Hall–Kier alpha value is -3.91. The van der Waals surface area contributed by atoms with Crippen molar-refractivity contribution in [2.24, 2.45) is 5.92 Å². The van der Waals surface area contributed by atoms with Crippen LogP contribution in [0.3, 0.4) is 0 Å². The number of benzene rings is 1. The third kappa shape index (κ3) is 5.27. The monoisotopic (exact) mass is 471 g/mol. The van der Waals surface area contributed by atoms with Crippen molar-refractivity contribution in [3.63, 3.8) is 0 Å². The smallest absolute Gasteiger partial charge is 0.254 e. The molecule has 4 aromatic rings. The highest BCUT2D eigenvalue weighted by Crippen LogP contribution is 2.27. The lowest BCUT2D eigenvalue weighted by Crippen LogP contribution is -2.36. The topological polar surface area (TPSA) is 81.0 Å². The van der Waals surface area contributed by atoms with Crippen molar-refractivity contribution in [3.8, 4) is 5.75 Å². The molecule has 0 saturated carbocycles. The maximum atomic E-state index is 13.5. The zero-order valence-corrected chi connectivity index (χ0v) is 19.8. The van der Waals surface area contributed by atoms with Crippen molar-refractivity contribution in [2.45, 2.75) is 13.0 Å². The molecule has 1 saturated heterocycles. The van der Waals surface area contributed by atoms with Crippen molar-refractivity contribution in [1.82, 2.24) is 19.5 Å². The number of hydrogen-bond donors (Lipinski definition) is 1. The fourth-order valence-electron chi connectivity index (χ4n) is 4.54. The Labute approximate surface area is 204 Å². The zero-order valence-electron chi connectivity index (χ0n) is 19.8. The first kappa shape index (κ1) is 22.9. The Balaban J connectivity index is 1.31. The van der Waals surface area contributed by atoms with Gasteiger partial charge in [0.05, 0.1) is 31.5 Å². The number of amides is 1. The number of pyridine rings is 2. The molecular weight excluding hydrogens is 442 g/mol. The fraction of sp³-hybridized carbons (Fsp3) is 0.296. The maximum absolute atomic E-state index is 13.5. The van der Waals surface area contributed by atoms with Gasteiger partial charge in [-0.2, -0.15) is 5.10 Å². The lowest BCUT2D eigenvalue weighted by Gasteiger charge is -2.24. The summed E-state index contributed by atoms with van der Waals surface area (Å²) in [5.74, 6) is 0.893. The largest absolute Gasteiger partial charge is 0.495 e. The zero-order chi connectivity index (χ0) is 24.0. The number of nitrogens with one attached hydrogen (secondary N) is 1. The van der Waals surface area contributed by atoms with Gasteiger partial charge in [-0.25, -0.2) is 4.52 Å². The second-order valence-electron chi connectivity index (χ2n) is 8.71. The first-order valence-electron chi connectivity index (χ1n) is 11.8. The number of anilines is 1. The van der Waals surface area contributed by atoms with E-state index in [0.717, 1.165) is 23.2 Å². The van der Waals surface area contributed by atoms with Crippen LogP contribution >= 0.6 is 0 Å². The van der Waals surface area contributed by atoms with Crippen LogP contribution in [0.4, 0.5) is 5.69 Å². The van der Waals surface area contributed by atoms with Crippen LogP contribution in [0.15, 0.2) is 73.3 Å². The molecule has 1 N–H and O–H groups in total. The molecule has 5 rings (SSSR count). The minimum Gasteiger partial charge on any atom is -0.495 e. The summed E-state index contributed by atoms with van der Waals surface area (Å²) in [5.41, 5.74) is 4.81. The van der Waals surface area contributed by atoms with E-state index in [1.54, 1.807) is 19.5 Å². The van der Waals surface area contributed by atoms with Gasteiger partial charge in [0.25, 0.3) is 5.91 Å². The molecule has 0 radical (unpaired) electrons. The molecule has 1 aliphatic heterocycles. The highest BCUT2D eigenvalue weighted by molar-refractivity contribution is 5.95. The van der Waals surface area contributed by atoms with Crippen LogP contribution in [0.25, 0.3) is 5.52 Å². The SMILES string of the molecule is COc1ccc(C(=O)N2CCOCC(Cc3cccn4nccc34)C2)cc1NCc1ccncc1. The molecule has 3 aromatic heterocycles. The molecule has 0 aliphatic carbocycles. The molecule has 0 spiro atoms. The Kier molecular flexibility index (Phi) is 6.90. The number of methoxy groups -OCH3 is 1. The summed E-state index contributed by atoms with van der Waals surface area (Å²) in [4.78, 5) is 19.5. The van der Waals surface area contributed by atoms with Crippen molar-refractivity contribution >= 4 is 17.1 Å². The number of carbonyl (C=O) groups excluding carboxylic acids is 1. The van der Waals surface area contributed by atoms with E-state index in [1.807, 2.05) is 64.3 Å². The summed E-state index contributed by atoms with van der Waals surface area (Å²) >= 11 is 0. The van der Waals surface area contributed by atoms with Gasteiger partial charge in [0.15, 0.2) is 0 Å². The molecule has 35 heavy (non-hydrogen) atoms. The summed E-state index contributed by atoms with van der Waals surface area (Å²) in [6.07, 6.45) is 8.10. The average molecular weight is 472 g/mol. The van der Waals surface area contributed by atoms with E-state index in [0.29, 0.717) is 44.2 Å². The molecule has 1 aromatic carbocycles. The molecule has 1 unspecified atom stereocenters. The second kappa shape index (κ2) is 10.6. The van der Waals surface area contributed by atoms with E-state index in [2.05, 4.69) is 21.5 Å². The maximum Gasteiger partial charge on any atom is 0.254 e. The summed E-state index contributed by atoms with van der Waals surface area (Å²) < 4.78 is 13.3. The van der Waals surface area contributed by atoms with Crippen LogP contribution in [0.5, 0.6) is 5.75 Å². The first-order chi connectivity index (χ1) is 17.2. The number of rotatable bonds is 7. The van der Waals surface area contributed by atoms with Gasteiger partial charge >= 0.3 is 0 Å². The number of hydrogen-bond acceptors (Lipinski definition) is 6. The van der Waals surface area contributed by atoms with E-state index >= 15 is 0 Å². The lowest BCUT2D eigenvalue weighted by molar-refractivity contribution is 0.0737. The van der Waals surface area contributed by atoms with Gasteiger partial charge in [-0.15, -0.1) is 0 Å². The molecule has 8 heteroatoms. The molecule has 180 valence electrons. The average Bonchev–Trinajstić information content (AvgIpc) is 3.27. The van der Waals surface area contributed by atoms with E-state index in [-0.39, 0.29) is 11.8 Å². The van der Waals surface area contributed by atoms with Crippen molar-refractivity contribution < 1.29 is 14.3 Å². The van der Waals surface area contributed by atoms with Gasteiger partial charge in [0.1, 0.15) is 5.75 Å². The minimum atomic E-state index is -0.00215. The summed E-state index contributed by atoms with van der Waals surface area (Å²) in [5, 5.41) is 7.72. The molecule has 4 heterocycles. The Morgan fingerprint density at radius 3 is 2.91 bits per heavy atom. The number of aromatic nitrogens is 3. The predicted octanol–water partition coefficient (Wildman–Crippen LogP) is 3.68. The quantitative estimate of drug-likeness (QED) is 0.443. The molecule has 1 atom stereocenters. The Morgan fingerprint density at radius 2 is 2.06 bits per heavy atom. The van der Waals surface area contributed by atoms with Gasteiger partial charge < -0.3 is 19.7 Å². The molecule has 1 amide bonds. The molecular formula is C27H29N5O3. The molecule has 1 aliphatic rings. The molecule has 1 fully saturated rings. The summed E-state index contributed by atoms with van der Waals surface area (Å²) in [6.45, 7) is 2.97. The van der Waals surface area contributed by atoms with E-state index in [4.69, 9.17) is 9.47 Å². The van der Waals surface area contributed by atoms with Gasteiger partial charge in [-0.1, -0.05) is 6.07 Å². The van der Waals surface area contributed by atoms with Crippen LogP contribution < -0.4 is 10.1 Å². The van der Waals surface area contributed by atoms with E-state index in [9.17, 15) is 4.79 Å². The van der Waals surface area contributed by atoms with Crippen molar-refractivity contribution in [3.05, 3.63) is 90.0 Å². The summed E-state index contributed by atoms with van der Waals surface area (Å²) in [7, 11) is 1.63. The minimum absolute atomic E-state index is 0.00215. The highest BCUT2D eigenvalue weighted by Gasteiger charge is 2.25. The Bertz CT molecular complexity index is 1290. The third-order valence-electron chi connectivity index (χ3n) is 6.34. The van der Waals surface area contributed by atoms with Crippen molar-refractivity contribution in [1.29, 1.82) is 0 Å². The fourth-order valence-corrected chi connectivity index (χ4v) is 4.54. The van der Waals surface area contributed by atoms with Crippen LogP contribution in [-0.2, 0) is 17.7 Å². The van der Waals surface area contributed by atoms with E-state index < -0.39 is 0 Å². The van der Waals surface area contributed by atoms with E-state index in [1.165, 1.54) is 5.56 Å². The molecule has 0 bridgehead atoms. The number of carbonyl (C=O) groups is 1.